The Morgan fingerprint density at radius 3 is 2.96 bits per heavy atom. The summed E-state index contributed by atoms with van der Waals surface area (Å²) in [5.74, 6) is 0. The highest BCUT2D eigenvalue weighted by atomic mass is 19.1. The van der Waals surface area contributed by atoms with Crippen LogP contribution in [0.1, 0.15) is 49.5 Å². The highest BCUT2D eigenvalue weighted by Gasteiger charge is 2.40. The summed E-state index contributed by atoms with van der Waals surface area (Å²) < 4.78 is 23.5. The normalized spacial score (nSPS) is 27.0. The molecule has 0 radical (unpaired) electrons. The van der Waals surface area contributed by atoms with Gasteiger partial charge in [0.15, 0.2) is 11.9 Å². The van der Waals surface area contributed by atoms with Gasteiger partial charge in [0.1, 0.15) is 0 Å². The van der Waals surface area contributed by atoms with Crippen LogP contribution in [0.5, 0.6) is 0 Å². The lowest BCUT2D eigenvalue weighted by Crippen LogP contribution is -2.46. The summed E-state index contributed by atoms with van der Waals surface area (Å²) in [6.45, 7) is 2.86. The molecule has 140 valence electrons. The molecule has 2 atom stereocenters. The first kappa shape index (κ1) is 17.3. The van der Waals surface area contributed by atoms with E-state index < -0.39 is 11.8 Å². The SMILES string of the molecule is Cc1cc2cnn(C3CCCCO3)c2cc1C1(F)CCCN(C(=O)O)C1. The van der Waals surface area contributed by atoms with E-state index in [1.54, 1.807) is 6.20 Å². The summed E-state index contributed by atoms with van der Waals surface area (Å²) >= 11 is 0. The number of fused-ring (bicyclic) bond motifs is 1. The number of rotatable bonds is 2. The first-order chi connectivity index (χ1) is 12.5. The highest BCUT2D eigenvalue weighted by Crippen LogP contribution is 2.39. The first-order valence-corrected chi connectivity index (χ1v) is 9.25. The number of piperidine rings is 1. The molecule has 0 spiro atoms. The van der Waals surface area contributed by atoms with Crippen molar-refractivity contribution in [3.05, 3.63) is 29.5 Å². The Kier molecular flexibility index (Phi) is 4.34. The van der Waals surface area contributed by atoms with Gasteiger partial charge in [-0.05, 0) is 62.3 Å². The predicted molar refractivity (Wildman–Crippen MR) is 94.9 cm³/mol. The number of hydrogen-bond acceptors (Lipinski definition) is 3. The molecule has 2 aliphatic rings. The van der Waals surface area contributed by atoms with Crippen molar-refractivity contribution in [2.75, 3.05) is 19.7 Å². The van der Waals surface area contributed by atoms with E-state index in [2.05, 4.69) is 5.10 Å². The lowest BCUT2D eigenvalue weighted by atomic mass is 9.84. The van der Waals surface area contributed by atoms with Gasteiger partial charge in [-0.2, -0.15) is 5.10 Å². The third-order valence-electron chi connectivity index (χ3n) is 5.57. The van der Waals surface area contributed by atoms with Gasteiger partial charge in [-0.1, -0.05) is 0 Å². The molecule has 1 aromatic carbocycles. The van der Waals surface area contributed by atoms with Crippen molar-refractivity contribution in [2.45, 2.75) is 50.9 Å². The summed E-state index contributed by atoms with van der Waals surface area (Å²) in [6, 6.07) is 3.79. The van der Waals surface area contributed by atoms with Gasteiger partial charge in [-0.15, -0.1) is 0 Å². The number of hydrogen-bond donors (Lipinski definition) is 1. The standard InChI is InChI=1S/C19H24FN3O3/c1-13-9-14-11-21-23(17-5-2-3-8-26-17)16(14)10-15(13)19(20)6-4-7-22(12-19)18(24)25/h9-11,17H,2-8,12H2,1H3,(H,24,25). The maximum atomic E-state index is 15.8. The Hall–Kier alpha value is -2.15. The number of ether oxygens (including phenoxy) is 1. The molecule has 0 saturated carbocycles. The minimum Gasteiger partial charge on any atom is -0.465 e. The third kappa shape index (κ3) is 2.94. The summed E-state index contributed by atoms with van der Waals surface area (Å²) in [5.41, 5.74) is 0.573. The van der Waals surface area contributed by atoms with Crippen LogP contribution in [0, 0.1) is 6.92 Å². The van der Waals surface area contributed by atoms with Crippen molar-refractivity contribution in [2.24, 2.45) is 0 Å². The van der Waals surface area contributed by atoms with Gasteiger partial charge in [0.2, 0.25) is 0 Å². The topological polar surface area (TPSA) is 67.6 Å². The van der Waals surface area contributed by atoms with Crippen LogP contribution in [-0.2, 0) is 10.4 Å². The number of carboxylic acid groups (broad SMARTS) is 1. The molecule has 4 rings (SSSR count). The predicted octanol–water partition coefficient (Wildman–Crippen LogP) is 3.98. The van der Waals surface area contributed by atoms with Gasteiger partial charge in [0.25, 0.3) is 0 Å². The van der Waals surface area contributed by atoms with Crippen molar-refractivity contribution >= 4 is 17.0 Å². The molecule has 1 N–H and O–H groups in total. The number of alkyl halides is 1. The van der Waals surface area contributed by atoms with Gasteiger partial charge in [0, 0.05) is 18.5 Å². The van der Waals surface area contributed by atoms with Crippen LogP contribution < -0.4 is 0 Å². The van der Waals surface area contributed by atoms with E-state index in [4.69, 9.17) is 4.74 Å². The maximum absolute atomic E-state index is 15.8. The fourth-order valence-electron chi connectivity index (χ4n) is 4.23. The number of nitrogens with zero attached hydrogens (tertiary/aromatic N) is 3. The van der Waals surface area contributed by atoms with E-state index >= 15 is 4.39 Å². The Bertz CT molecular complexity index is 831. The molecule has 1 aromatic heterocycles. The lowest BCUT2D eigenvalue weighted by Gasteiger charge is -2.37. The molecule has 2 aliphatic heterocycles. The second kappa shape index (κ2) is 6.54. The van der Waals surface area contributed by atoms with E-state index in [-0.39, 0.29) is 12.8 Å². The van der Waals surface area contributed by atoms with Crippen molar-refractivity contribution in [1.82, 2.24) is 14.7 Å². The van der Waals surface area contributed by atoms with E-state index in [1.807, 2.05) is 23.7 Å². The quantitative estimate of drug-likeness (QED) is 0.878. The van der Waals surface area contributed by atoms with Crippen LogP contribution in [0.4, 0.5) is 9.18 Å². The van der Waals surface area contributed by atoms with Gasteiger partial charge in [0.05, 0.1) is 18.3 Å². The van der Waals surface area contributed by atoms with Gasteiger partial charge in [-0.25, -0.2) is 13.9 Å². The van der Waals surface area contributed by atoms with Crippen molar-refractivity contribution < 1.29 is 19.0 Å². The molecule has 1 amide bonds. The van der Waals surface area contributed by atoms with Crippen LogP contribution in [0.3, 0.4) is 0 Å². The van der Waals surface area contributed by atoms with E-state index in [0.717, 1.165) is 35.7 Å². The molecule has 6 nitrogen and oxygen atoms in total. The fourth-order valence-corrected chi connectivity index (χ4v) is 4.23. The average Bonchev–Trinajstić information content (AvgIpc) is 3.04. The fraction of sp³-hybridized carbons (Fsp3) is 0.579. The van der Waals surface area contributed by atoms with Crippen LogP contribution in [0.2, 0.25) is 0 Å². The third-order valence-corrected chi connectivity index (χ3v) is 5.57. The minimum absolute atomic E-state index is 0.116. The Morgan fingerprint density at radius 1 is 1.38 bits per heavy atom. The number of aromatic nitrogens is 2. The number of halogens is 1. The molecular formula is C19H24FN3O3. The zero-order valence-corrected chi connectivity index (χ0v) is 14.9. The smallest absolute Gasteiger partial charge is 0.407 e. The van der Waals surface area contributed by atoms with Crippen molar-refractivity contribution in [3.8, 4) is 0 Å². The largest absolute Gasteiger partial charge is 0.465 e. The molecule has 2 saturated heterocycles. The second-order valence-electron chi connectivity index (χ2n) is 7.41. The number of likely N-dealkylation sites (tertiary alicyclic amines) is 1. The Morgan fingerprint density at radius 2 is 2.23 bits per heavy atom. The van der Waals surface area contributed by atoms with Gasteiger partial charge >= 0.3 is 6.09 Å². The van der Waals surface area contributed by atoms with Crippen molar-refractivity contribution in [1.29, 1.82) is 0 Å². The molecule has 2 fully saturated rings. The van der Waals surface area contributed by atoms with Gasteiger partial charge in [-0.3, -0.25) is 0 Å². The van der Waals surface area contributed by atoms with E-state index in [1.165, 1.54) is 4.90 Å². The minimum atomic E-state index is -1.67. The van der Waals surface area contributed by atoms with E-state index in [0.29, 0.717) is 31.6 Å². The lowest BCUT2D eigenvalue weighted by molar-refractivity contribution is -0.0367. The molecule has 2 aromatic rings. The summed E-state index contributed by atoms with van der Waals surface area (Å²) in [5, 5.41) is 14.7. The van der Waals surface area contributed by atoms with E-state index in [9.17, 15) is 9.90 Å². The molecule has 2 unspecified atom stereocenters. The Labute approximate surface area is 151 Å². The zero-order chi connectivity index (χ0) is 18.3. The van der Waals surface area contributed by atoms with Crippen LogP contribution in [0.15, 0.2) is 18.3 Å². The van der Waals surface area contributed by atoms with Crippen LogP contribution in [0.25, 0.3) is 10.9 Å². The monoisotopic (exact) mass is 361 g/mol. The molecular weight excluding hydrogens is 337 g/mol. The number of amides is 1. The molecule has 26 heavy (non-hydrogen) atoms. The summed E-state index contributed by atoms with van der Waals surface area (Å²) in [4.78, 5) is 12.5. The first-order valence-electron chi connectivity index (χ1n) is 9.25. The number of benzene rings is 1. The zero-order valence-electron chi connectivity index (χ0n) is 14.9. The van der Waals surface area contributed by atoms with Crippen LogP contribution >= 0.6 is 0 Å². The highest BCUT2D eigenvalue weighted by molar-refractivity contribution is 5.81. The molecule has 3 heterocycles. The van der Waals surface area contributed by atoms with Crippen LogP contribution in [-0.4, -0.2) is 45.6 Å². The number of aryl methyl sites for hydroxylation is 1. The molecule has 0 aliphatic carbocycles. The summed E-state index contributed by atoms with van der Waals surface area (Å²) in [6.07, 6.45) is 4.50. The van der Waals surface area contributed by atoms with Gasteiger partial charge < -0.3 is 14.7 Å². The van der Waals surface area contributed by atoms with Crippen molar-refractivity contribution in [3.63, 3.8) is 0 Å². The maximum Gasteiger partial charge on any atom is 0.407 e. The molecule has 0 bridgehead atoms. The Balaban J connectivity index is 1.75. The number of carbonyl (C=O) groups is 1. The average molecular weight is 361 g/mol. The molecule has 7 heteroatoms. The second-order valence-corrected chi connectivity index (χ2v) is 7.41. The summed E-state index contributed by atoms with van der Waals surface area (Å²) in [7, 11) is 0.